The molecule has 1 heterocycles. The van der Waals surface area contributed by atoms with Crippen molar-refractivity contribution in [2.24, 2.45) is 0 Å². The molecule has 0 radical (unpaired) electrons. The number of methoxy groups -OCH3 is 1. The number of carboxylic acids is 1. The summed E-state index contributed by atoms with van der Waals surface area (Å²) >= 11 is 1.26. The van der Waals surface area contributed by atoms with Crippen molar-refractivity contribution in [2.45, 2.75) is 31.5 Å². The van der Waals surface area contributed by atoms with Crippen molar-refractivity contribution in [1.82, 2.24) is 9.55 Å². The number of ether oxygens (including phenoxy) is 1. The first-order valence-electron chi connectivity index (χ1n) is 5.50. The van der Waals surface area contributed by atoms with E-state index in [1.165, 1.54) is 11.8 Å². The number of aromatic nitrogens is 2. The largest absolute Gasteiger partial charge is 0.481 e. The number of aryl methyl sites for hydroxylation is 2. The Morgan fingerprint density at radius 2 is 2.35 bits per heavy atom. The fourth-order valence-electron chi connectivity index (χ4n) is 1.45. The minimum atomic E-state index is -0.818. The first-order valence-corrected chi connectivity index (χ1v) is 6.49. The van der Waals surface area contributed by atoms with Gasteiger partial charge in [0.1, 0.15) is 0 Å². The molecule has 0 fully saturated rings. The van der Waals surface area contributed by atoms with Gasteiger partial charge in [-0.15, -0.1) is 0 Å². The maximum absolute atomic E-state index is 10.5. The van der Waals surface area contributed by atoms with Gasteiger partial charge in [-0.1, -0.05) is 11.8 Å². The molecule has 0 aliphatic heterocycles. The van der Waals surface area contributed by atoms with Crippen LogP contribution in [0.3, 0.4) is 0 Å². The lowest BCUT2D eigenvalue weighted by Crippen LogP contribution is -2.03. The number of imidazole rings is 1. The van der Waals surface area contributed by atoms with Crippen molar-refractivity contribution >= 4 is 17.7 Å². The predicted octanol–water partition coefficient (Wildman–Crippen LogP) is 1.79. The van der Waals surface area contributed by atoms with Crippen molar-refractivity contribution in [3.05, 3.63) is 11.9 Å². The topological polar surface area (TPSA) is 64.4 Å². The zero-order valence-electron chi connectivity index (χ0n) is 10.2. The van der Waals surface area contributed by atoms with E-state index in [4.69, 9.17) is 9.84 Å². The Kier molecular flexibility index (Phi) is 6.07. The van der Waals surface area contributed by atoms with Gasteiger partial charge in [0.25, 0.3) is 0 Å². The molecule has 1 N–H and O–H groups in total. The number of rotatable bonds is 8. The van der Waals surface area contributed by atoms with Gasteiger partial charge in [0.2, 0.25) is 0 Å². The van der Waals surface area contributed by atoms with Crippen molar-refractivity contribution < 1.29 is 14.6 Å². The highest BCUT2D eigenvalue weighted by molar-refractivity contribution is 7.99. The van der Waals surface area contributed by atoms with E-state index in [1.807, 2.05) is 17.7 Å². The minimum Gasteiger partial charge on any atom is -0.481 e. The van der Waals surface area contributed by atoms with E-state index in [9.17, 15) is 4.79 Å². The van der Waals surface area contributed by atoms with E-state index in [1.54, 1.807) is 7.11 Å². The van der Waals surface area contributed by atoms with Crippen LogP contribution in [0.4, 0.5) is 0 Å². The van der Waals surface area contributed by atoms with Crippen LogP contribution >= 0.6 is 11.8 Å². The van der Waals surface area contributed by atoms with Crippen molar-refractivity contribution in [2.75, 3.05) is 19.5 Å². The van der Waals surface area contributed by atoms with Gasteiger partial charge in [0, 0.05) is 26.5 Å². The molecule has 5 nitrogen and oxygen atoms in total. The van der Waals surface area contributed by atoms with Crippen LogP contribution in [0.5, 0.6) is 0 Å². The highest BCUT2D eigenvalue weighted by Crippen LogP contribution is 2.18. The predicted molar refractivity (Wildman–Crippen MR) is 66.4 cm³/mol. The fourth-order valence-corrected chi connectivity index (χ4v) is 2.23. The molecule has 0 unspecified atom stereocenters. The summed E-state index contributed by atoms with van der Waals surface area (Å²) in [5.74, 6) is -0.768. The summed E-state index contributed by atoms with van der Waals surface area (Å²) in [7, 11) is 1.69. The summed E-state index contributed by atoms with van der Waals surface area (Å²) in [6.45, 7) is 3.52. The molecule has 0 aliphatic rings. The molecule has 0 aromatic carbocycles. The Morgan fingerprint density at radius 3 is 3.00 bits per heavy atom. The summed E-state index contributed by atoms with van der Waals surface area (Å²) in [6.07, 6.45) is 3.96. The number of carboxylic acid groups (broad SMARTS) is 1. The van der Waals surface area contributed by atoms with Crippen LogP contribution in [-0.2, 0) is 16.1 Å². The third-order valence-electron chi connectivity index (χ3n) is 2.18. The van der Waals surface area contributed by atoms with Gasteiger partial charge in [0.05, 0.1) is 11.4 Å². The summed E-state index contributed by atoms with van der Waals surface area (Å²) in [6, 6.07) is 0. The van der Waals surface area contributed by atoms with Crippen LogP contribution < -0.4 is 0 Å². The van der Waals surface area contributed by atoms with Crippen LogP contribution in [0.15, 0.2) is 11.4 Å². The van der Waals surface area contributed by atoms with E-state index in [2.05, 4.69) is 4.98 Å². The summed E-state index contributed by atoms with van der Waals surface area (Å²) < 4.78 is 7.00. The SMILES string of the molecule is COCCCCn1cc(C)nc1SCC(=O)O. The molecular formula is C11H18N2O3S. The number of nitrogens with zero attached hydrogens (tertiary/aromatic N) is 2. The maximum Gasteiger partial charge on any atom is 0.313 e. The van der Waals surface area contributed by atoms with Gasteiger partial charge in [-0.2, -0.15) is 0 Å². The average molecular weight is 258 g/mol. The first kappa shape index (κ1) is 14.1. The lowest BCUT2D eigenvalue weighted by Gasteiger charge is -2.05. The van der Waals surface area contributed by atoms with E-state index in [0.29, 0.717) is 0 Å². The number of hydrogen-bond acceptors (Lipinski definition) is 4. The van der Waals surface area contributed by atoms with E-state index >= 15 is 0 Å². The monoisotopic (exact) mass is 258 g/mol. The lowest BCUT2D eigenvalue weighted by atomic mass is 10.3. The molecule has 0 spiro atoms. The molecule has 0 atom stereocenters. The van der Waals surface area contributed by atoms with Gasteiger partial charge in [0.15, 0.2) is 5.16 Å². The van der Waals surface area contributed by atoms with Crippen molar-refractivity contribution in [3.8, 4) is 0 Å². The van der Waals surface area contributed by atoms with E-state index in [-0.39, 0.29) is 5.75 Å². The normalized spacial score (nSPS) is 10.7. The molecule has 1 aromatic rings. The Labute approximate surface area is 105 Å². The van der Waals surface area contributed by atoms with E-state index < -0.39 is 5.97 Å². The zero-order chi connectivity index (χ0) is 12.7. The second-order valence-corrected chi connectivity index (χ2v) is 4.68. The summed E-state index contributed by atoms with van der Waals surface area (Å²) in [4.78, 5) is 14.8. The molecular weight excluding hydrogens is 240 g/mol. The third-order valence-corrected chi connectivity index (χ3v) is 3.16. The Hall–Kier alpha value is -1.01. The molecule has 1 aromatic heterocycles. The first-order chi connectivity index (χ1) is 8.13. The molecule has 6 heteroatoms. The summed E-state index contributed by atoms with van der Waals surface area (Å²) in [5, 5.41) is 9.42. The second kappa shape index (κ2) is 7.34. The maximum atomic E-state index is 10.5. The van der Waals surface area contributed by atoms with Crippen molar-refractivity contribution in [1.29, 1.82) is 0 Å². The molecule has 0 aliphatic carbocycles. The molecule has 1 rings (SSSR count). The van der Waals surface area contributed by atoms with Gasteiger partial charge in [-0.05, 0) is 19.8 Å². The molecule has 0 bridgehead atoms. The molecule has 0 saturated heterocycles. The average Bonchev–Trinajstić information content (AvgIpc) is 2.62. The van der Waals surface area contributed by atoms with Gasteiger partial charge >= 0.3 is 5.97 Å². The molecule has 0 saturated carbocycles. The van der Waals surface area contributed by atoms with Crippen LogP contribution in [0, 0.1) is 6.92 Å². The number of hydrogen-bond donors (Lipinski definition) is 1. The Morgan fingerprint density at radius 1 is 1.59 bits per heavy atom. The number of aliphatic carboxylic acids is 1. The Balaban J connectivity index is 2.48. The highest BCUT2D eigenvalue weighted by atomic mass is 32.2. The Bertz CT molecular complexity index is 366. The number of carbonyl (C=O) groups is 1. The lowest BCUT2D eigenvalue weighted by molar-refractivity contribution is -0.133. The van der Waals surface area contributed by atoms with Gasteiger partial charge in [-0.3, -0.25) is 4.79 Å². The molecule has 17 heavy (non-hydrogen) atoms. The van der Waals surface area contributed by atoms with Gasteiger partial charge < -0.3 is 14.4 Å². The highest BCUT2D eigenvalue weighted by Gasteiger charge is 2.08. The van der Waals surface area contributed by atoms with Crippen LogP contribution in [0.1, 0.15) is 18.5 Å². The number of unbranched alkanes of at least 4 members (excludes halogenated alkanes) is 1. The van der Waals surface area contributed by atoms with Crippen molar-refractivity contribution in [3.63, 3.8) is 0 Å². The minimum absolute atomic E-state index is 0.0501. The molecule has 0 amide bonds. The van der Waals surface area contributed by atoms with E-state index in [0.717, 1.165) is 36.8 Å². The zero-order valence-corrected chi connectivity index (χ0v) is 11.0. The summed E-state index contributed by atoms with van der Waals surface area (Å²) in [5.41, 5.74) is 0.921. The van der Waals surface area contributed by atoms with Crippen LogP contribution in [-0.4, -0.2) is 40.1 Å². The standard InChI is InChI=1S/C11H18N2O3S/c1-9-7-13(5-3-4-6-16-2)11(12-9)17-8-10(14)15/h7H,3-6,8H2,1-2H3,(H,14,15). The molecule has 96 valence electrons. The van der Waals surface area contributed by atoms with Crippen LogP contribution in [0.25, 0.3) is 0 Å². The van der Waals surface area contributed by atoms with Crippen LogP contribution in [0.2, 0.25) is 0 Å². The fraction of sp³-hybridized carbons (Fsp3) is 0.636. The quantitative estimate of drug-likeness (QED) is 0.569. The third kappa shape index (κ3) is 5.23. The second-order valence-electron chi connectivity index (χ2n) is 3.74. The smallest absolute Gasteiger partial charge is 0.313 e. The number of thioether (sulfide) groups is 1. The van der Waals surface area contributed by atoms with Gasteiger partial charge in [-0.25, -0.2) is 4.98 Å².